The first-order valence-corrected chi connectivity index (χ1v) is 14.9. The van der Waals surface area contributed by atoms with Crippen molar-refractivity contribution in [1.82, 2.24) is 4.57 Å². The highest BCUT2D eigenvalue weighted by Crippen LogP contribution is 2.32. The van der Waals surface area contributed by atoms with Gasteiger partial charge in [0.2, 0.25) is 0 Å². The molecule has 1 aliphatic heterocycles. The summed E-state index contributed by atoms with van der Waals surface area (Å²) < 4.78 is 20.9. The number of benzene rings is 2. The van der Waals surface area contributed by atoms with Crippen molar-refractivity contribution >= 4 is 68.6 Å². The number of ether oxygens (including phenoxy) is 3. The molecule has 3 aromatic rings. The van der Waals surface area contributed by atoms with Gasteiger partial charge in [-0.15, -0.1) is 0 Å². The summed E-state index contributed by atoms with van der Waals surface area (Å²) in [7, 11) is 0. The molecule has 0 saturated carbocycles. The Kier molecular flexibility index (Phi) is 9.47. The van der Waals surface area contributed by atoms with Crippen LogP contribution < -0.4 is 24.4 Å². The van der Waals surface area contributed by atoms with E-state index >= 15 is 0 Å². The molecule has 0 spiro atoms. The minimum atomic E-state index is -0.685. The smallest absolute Gasteiger partial charge is 0.338 e. The Balaban J connectivity index is 1.93. The van der Waals surface area contributed by atoms with Crippen LogP contribution >= 0.6 is 56.5 Å². The van der Waals surface area contributed by atoms with E-state index in [-0.39, 0.29) is 12.2 Å². The van der Waals surface area contributed by atoms with E-state index in [9.17, 15) is 9.59 Å². The number of allylic oxidation sites excluding steroid dienone is 1. The van der Waals surface area contributed by atoms with E-state index in [4.69, 9.17) is 14.2 Å². The van der Waals surface area contributed by atoms with Crippen molar-refractivity contribution in [3.8, 4) is 11.5 Å². The van der Waals surface area contributed by atoms with Gasteiger partial charge in [-0.1, -0.05) is 36.1 Å². The second-order valence-electron chi connectivity index (χ2n) is 8.21. The van der Waals surface area contributed by atoms with Gasteiger partial charge in [0, 0.05) is 9.13 Å². The number of aromatic nitrogens is 1. The first-order chi connectivity index (χ1) is 18.3. The molecule has 10 heteroatoms. The van der Waals surface area contributed by atoms with Crippen LogP contribution in [0.5, 0.6) is 11.5 Å². The molecule has 0 aliphatic carbocycles. The lowest BCUT2D eigenvalue weighted by Gasteiger charge is -2.24. The van der Waals surface area contributed by atoms with Gasteiger partial charge in [0.1, 0.15) is 18.1 Å². The fraction of sp³-hybridized carbons (Fsp3) is 0.250. The van der Waals surface area contributed by atoms with Crippen molar-refractivity contribution in [2.75, 3.05) is 19.8 Å². The average Bonchev–Trinajstić information content (AvgIpc) is 3.17. The number of esters is 1. The van der Waals surface area contributed by atoms with Crippen LogP contribution in [-0.4, -0.2) is 30.4 Å². The number of fused-ring (bicyclic) bond motifs is 1. The van der Waals surface area contributed by atoms with E-state index in [0.29, 0.717) is 45.3 Å². The first kappa shape index (κ1) is 28.6. The molecule has 0 saturated heterocycles. The maximum atomic E-state index is 13.9. The predicted octanol–water partition coefficient (Wildman–Crippen LogP) is 4.97. The Morgan fingerprint density at radius 2 is 1.89 bits per heavy atom. The summed E-state index contributed by atoms with van der Waals surface area (Å²) in [5.74, 6) is 0.903. The summed E-state index contributed by atoms with van der Waals surface area (Å²) in [6.45, 7) is 10.3. The molecule has 38 heavy (non-hydrogen) atoms. The standard InChI is InChI=1S/C28H26I2N2O5S/c1-5-12-37-25-18(13-19(29)15-21(25)30)14-22-26(33)32-24(17-8-10-20(11-9-17)35-6-2)23(27(34)36-7-3)16(4)31-28(32)38-22/h5,8-11,13-15,24H,1,6-7,12H2,2-4H3/b22-14-/t24-/m0/s1. The lowest BCUT2D eigenvalue weighted by Crippen LogP contribution is -2.39. The summed E-state index contributed by atoms with van der Waals surface area (Å²) in [6, 6.07) is 10.7. The summed E-state index contributed by atoms with van der Waals surface area (Å²) in [6.07, 6.45) is 3.51. The number of halogens is 2. The Bertz CT molecular complexity index is 1590. The van der Waals surface area contributed by atoms with Gasteiger partial charge in [-0.2, -0.15) is 0 Å². The van der Waals surface area contributed by atoms with E-state index in [2.05, 4.69) is 56.8 Å². The number of carbonyl (C=O) groups is 1. The zero-order valence-corrected chi connectivity index (χ0v) is 26.3. The van der Waals surface area contributed by atoms with Crippen LogP contribution in [0.3, 0.4) is 0 Å². The largest absolute Gasteiger partial charge is 0.494 e. The van der Waals surface area contributed by atoms with Gasteiger partial charge in [0.25, 0.3) is 5.56 Å². The Morgan fingerprint density at radius 1 is 1.16 bits per heavy atom. The zero-order valence-electron chi connectivity index (χ0n) is 21.1. The molecule has 0 fully saturated rings. The van der Waals surface area contributed by atoms with Crippen molar-refractivity contribution < 1.29 is 19.0 Å². The van der Waals surface area contributed by atoms with E-state index < -0.39 is 12.0 Å². The highest BCUT2D eigenvalue weighted by Gasteiger charge is 2.33. The molecule has 2 aromatic carbocycles. The first-order valence-electron chi connectivity index (χ1n) is 11.9. The normalized spacial score (nSPS) is 15.1. The Morgan fingerprint density at radius 3 is 2.55 bits per heavy atom. The second kappa shape index (κ2) is 12.6. The fourth-order valence-corrected chi connectivity index (χ4v) is 7.23. The third kappa shape index (κ3) is 5.91. The van der Waals surface area contributed by atoms with Gasteiger partial charge >= 0.3 is 5.97 Å². The summed E-state index contributed by atoms with van der Waals surface area (Å²) in [4.78, 5) is 32.2. The maximum Gasteiger partial charge on any atom is 0.338 e. The molecule has 0 unspecified atom stereocenters. The zero-order chi connectivity index (χ0) is 27.4. The van der Waals surface area contributed by atoms with Crippen LogP contribution in [0.1, 0.15) is 37.9 Å². The fourth-order valence-electron chi connectivity index (χ4n) is 4.14. The van der Waals surface area contributed by atoms with Crippen LogP contribution in [0.15, 0.2) is 70.1 Å². The van der Waals surface area contributed by atoms with Crippen LogP contribution in [0.25, 0.3) is 6.08 Å². The topological polar surface area (TPSA) is 79.1 Å². The SMILES string of the molecule is C=CCOc1c(I)cc(I)cc1/C=c1\sc2n(c1=O)[C@@H](c1ccc(OCC)cc1)C(C(=O)OCC)=C(C)N=2. The highest BCUT2D eigenvalue weighted by molar-refractivity contribution is 14.1. The monoisotopic (exact) mass is 756 g/mol. The lowest BCUT2D eigenvalue weighted by molar-refractivity contribution is -0.139. The number of thiazole rings is 1. The number of nitrogens with zero attached hydrogens (tertiary/aromatic N) is 2. The Hall–Kier alpha value is -2.45. The highest BCUT2D eigenvalue weighted by atomic mass is 127. The molecular formula is C28H26I2N2O5S. The molecule has 1 aromatic heterocycles. The number of carbonyl (C=O) groups excluding carboxylic acids is 1. The van der Waals surface area contributed by atoms with Gasteiger partial charge in [0.05, 0.1) is 38.6 Å². The van der Waals surface area contributed by atoms with Crippen molar-refractivity contribution in [1.29, 1.82) is 0 Å². The van der Waals surface area contributed by atoms with Gasteiger partial charge < -0.3 is 14.2 Å². The molecule has 0 amide bonds. The number of rotatable bonds is 9. The molecule has 7 nitrogen and oxygen atoms in total. The van der Waals surface area contributed by atoms with Crippen LogP contribution in [-0.2, 0) is 9.53 Å². The van der Waals surface area contributed by atoms with Crippen molar-refractivity contribution in [2.45, 2.75) is 26.8 Å². The van der Waals surface area contributed by atoms with Crippen molar-refractivity contribution in [3.05, 3.63) is 98.3 Å². The van der Waals surface area contributed by atoms with Gasteiger partial charge in [-0.3, -0.25) is 9.36 Å². The van der Waals surface area contributed by atoms with Crippen molar-refractivity contribution in [2.24, 2.45) is 4.99 Å². The van der Waals surface area contributed by atoms with Crippen LogP contribution in [0, 0.1) is 7.14 Å². The number of hydrogen-bond donors (Lipinski definition) is 0. The second-order valence-corrected chi connectivity index (χ2v) is 11.6. The van der Waals surface area contributed by atoms with E-state index in [1.165, 1.54) is 11.3 Å². The van der Waals surface area contributed by atoms with E-state index in [1.807, 2.05) is 49.4 Å². The molecule has 198 valence electrons. The van der Waals surface area contributed by atoms with Gasteiger partial charge in [-0.05, 0) is 102 Å². The van der Waals surface area contributed by atoms with Crippen LogP contribution in [0.2, 0.25) is 0 Å². The molecule has 0 radical (unpaired) electrons. The third-order valence-electron chi connectivity index (χ3n) is 5.69. The quantitative estimate of drug-likeness (QED) is 0.175. The van der Waals surface area contributed by atoms with Gasteiger partial charge in [0.15, 0.2) is 4.80 Å². The summed E-state index contributed by atoms with van der Waals surface area (Å²) in [5.41, 5.74) is 2.16. The maximum absolute atomic E-state index is 13.9. The molecule has 0 N–H and O–H groups in total. The minimum absolute atomic E-state index is 0.217. The van der Waals surface area contributed by atoms with Gasteiger partial charge in [-0.25, -0.2) is 9.79 Å². The van der Waals surface area contributed by atoms with E-state index in [1.54, 1.807) is 24.5 Å². The molecule has 0 bridgehead atoms. The average molecular weight is 756 g/mol. The molecule has 4 rings (SSSR count). The number of hydrogen-bond acceptors (Lipinski definition) is 7. The molecule has 2 heterocycles. The molecular weight excluding hydrogens is 730 g/mol. The molecule has 1 atom stereocenters. The lowest BCUT2D eigenvalue weighted by atomic mass is 9.96. The van der Waals surface area contributed by atoms with Crippen LogP contribution in [0.4, 0.5) is 0 Å². The summed E-state index contributed by atoms with van der Waals surface area (Å²) >= 11 is 5.75. The summed E-state index contributed by atoms with van der Waals surface area (Å²) in [5, 5.41) is 0. The van der Waals surface area contributed by atoms with E-state index in [0.717, 1.165) is 18.3 Å². The third-order valence-corrected chi connectivity index (χ3v) is 8.10. The minimum Gasteiger partial charge on any atom is -0.494 e. The Labute approximate surface area is 251 Å². The van der Waals surface area contributed by atoms with Crippen molar-refractivity contribution in [3.63, 3.8) is 0 Å². The molecule has 1 aliphatic rings. The predicted molar refractivity (Wildman–Crippen MR) is 166 cm³/mol.